The minimum atomic E-state index is -0.643. The number of nitrogens with zero attached hydrogens (tertiary/aromatic N) is 4. The average Bonchev–Trinajstić information content (AvgIpc) is 3.34. The summed E-state index contributed by atoms with van der Waals surface area (Å²) < 4.78 is 22.0. The number of anilines is 1. The zero-order valence-electron chi connectivity index (χ0n) is 19.6. The maximum absolute atomic E-state index is 14.0. The third-order valence-corrected chi connectivity index (χ3v) is 7.13. The van der Waals surface area contributed by atoms with Crippen LogP contribution in [-0.4, -0.2) is 51.0 Å². The van der Waals surface area contributed by atoms with Gasteiger partial charge in [-0.3, -0.25) is 4.68 Å². The van der Waals surface area contributed by atoms with Crippen LogP contribution in [0.25, 0.3) is 11.1 Å². The van der Waals surface area contributed by atoms with Crippen molar-refractivity contribution in [2.75, 3.05) is 32.0 Å². The summed E-state index contributed by atoms with van der Waals surface area (Å²) >= 11 is 12.4. The summed E-state index contributed by atoms with van der Waals surface area (Å²) in [7, 11) is 0. The molecule has 0 radical (unpaired) electrons. The fraction of sp³-hybridized carbons (Fsp3) is 0.440. The minimum Gasteiger partial charge on any atom is -0.482 e. The van der Waals surface area contributed by atoms with Gasteiger partial charge in [0, 0.05) is 53.8 Å². The Kier molecular flexibility index (Phi) is 8.49. The first-order chi connectivity index (χ1) is 16.9. The number of aromatic nitrogens is 3. The summed E-state index contributed by atoms with van der Waals surface area (Å²) in [5.41, 5.74) is 8.13. The molecule has 1 atom stereocenters. The van der Waals surface area contributed by atoms with Crippen LogP contribution in [-0.2, 0) is 0 Å². The number of pyridine rings is 1. The molecule has 1 saturated heterocycles. The number of benzene rings is 1. The number of rotatable bonds is 9. The fourth-order valence-electron chi connectivity index (χ4n) is 4.41. The Balaban J connectivity index is 1.45. The molecule has 4 rings (SSSR count). The van der Waals surface area contributed by atoms with Crippen molar-refractivity contribution >= 4 is 29.0 Å². The highest BCUT2D eigenvalue weighted by atomic mass is 35.5. The zero-order chi connectivity index (χ0) is 24.9. The molecule has 0 spiro atoms. The van der Waals surface area contributed by atoms with Crippen molar-refractivity contribution < 1.29 is 14.2 Å². The standard InChI is InChI=1S/C25H30Cl2FN5O2/c1-16(23-20(26)4-5-21(28)24(23)27)35-22-12-17(13-30-25(22)29)18-14-31-33(15-18)19-6-9-32(10-7-19)8-2-3-11-34/h4-5,12-16,19,34H,2-3,6-11H2,1H3,(H2,29,30). The summed E-state index contributed by atoms with van der Waals surface area (Å²) in [6, 6.07) is 4.80. The number of hydrogen-bond acceptors (Lipinski definition) is 6. The number of ether oxygens (including phenoxy) is 1. The molecule has 7 nitrogen and oxygen atoms in total. The average molecular weight is 522 g/mol. The van der Waals surface area contributed by atoms with E-state index in [1.807, 2.05) is 17.1 Å². The largest absolute Gasteiger partial charge is 0.482 e. The second-order valence-corrected chi connectivity index (χ2v) is 9.62. The van der Waals surface area contributed by atoms with Gasteiger partial charge in [-0.2, -0.15) is 5.10 Å². The van der Waals surface area contributed by atoms with E-state index in [2.05, 4.69) is 15.0 Å². The lowest BCUT2D eigenvalue weighted by Crippen LogP contribution is -2.35. The summed E-state index contributed by atoms with van der Waals surface area (Å²) in [4.78, 5) is 6.73. The molecule has 1 unspecified atom stereocenters. The molecule has 10 heteroatoms. The van der Waals surface area contributed by atoms with Crippen LogP contribution in [0, 0.1) is 5.82 Å². The summed E-state index contributed by atoms with van der Waals surface area (Å²) in [6.07, 6.45) is 8.81. The van der Waals surface area contributed by atoms with Gasteiger partial charge in [0.1, 0.15) is 11.9 Å². The first-order valence-electron chi connectivity index (χ1n) is 11.8. The van der Waals surface area contributed by atoms with E-state index in [0.29, 0.717) is 22.4 Å². The highest BCUT2D eigenvalue weighted by Crippen LogP contribution is 2.37. The Bertz CT molecular complexity index is 1150. The van der Waals surface area contributed by atoms with E-state index in [-0.39, 0.29) is 17.4 Å². The maximum Gasteiger partial charge on any atom is 0.166 e. The number of hydrogen-bond donors (Lipinski definition) is 2. The van der Waals surface area contributed by atoms with Gasteiger partial charge in [0.15, 0.2) is 11.6 Å². The lowest BCUT2D eigenvalue weighted by molar-refractivity contribution is 0.172. The van der Waals surface area contributed by atoms with Crippen LogP contribution in [0.3, 0.4) is 0 Å². The van der Waals surface area contributed by atoms with Gasteiger partial charge in [-0.05, 0) is 57.4 Å². The molecule has 35 heavy (non-hydrogen) atoms. The molecule has 188 valence electrons. The van der Waals surface area contributed by atoms with Crippen molar-refractivity contribution in [1.82, 2.24) is 19.7 Å². The molecule has 3 N–H and O–H groups in total. The summed E-state index contributed by atoms with van der Waals surface area (Å²) in [5, 5.41) is 13.8. The van der Waals surface area contributed by atoms with Crippen LogP contribution in [0.2, 0.25) is 10.0 Å². The molecule has 3 heterocycles. The Morgan fingerprint density at radius 3 is 2.71 bits per heavy atom. The second-order valence-electron chi connectivity index (χ2n) is 8.84. The number of aliphatic hydroxyl groups is 1. The quantitative estimate of drug-likeness (QED) is 0.284. The number of aliphatic hydroxyl groups excluding tert-OH is 1. The number of nitrogen functional groups attached to an aromatic ring is 1. The highest BCUT2D eigenvalue weighted by Gasteiger charge is 2.22. The topological polar surface area (TPSA) is 89.4 Å². The lowest BCUT2D eigenvalue weighted by atomic mass is 10.0. The molecule has 1 aliphatic heterocycles. The fourth-order valence-corrected chi connectivity index (χ4v) is 5.09. The van der Waals surface area contributed by atoms with E-state index in [1.165, 1.54) is 12.1 Å². The Morgan fingerprint density at radius 2 is 1.97 bits per heavy atom. The molecular formula is C25H30Cl2FN5O2. The molecule has 0 saturated carbocycles. The van der Waals surface area contributed by atoms with E-state index in [4.69, 9.17) is 38.8 Å². The molecule has 2 aromatic heterocycles. The van der Waals surface area contributed by atoms with Gasteiger partial charge in [0.05, 0.1) is 17.3 Å². The van der Waals surface area contributed by atoms with Crippen molar-refractivity contribution in [3.63, 3.8) is 0 Å². The van der Waals surface area contributed by atoms with Crippen molar-refractivity contribution in [2.24, 2.45) is 0 Å². The SMILES string of the molecule is CC(Oc1cc(-c2cnn(C3CCN(CCCCO)CC3)c2)cnc1N)c1c(Cl)ccc(F)c1Cl. The summed E-state index contributed by atoms with van der Waals surface area (Å²) in [5.74, 6) is 0.00492. The number of likely N-dealkylation sites (tertiary alicyclic amines) is 1. The van der Waals surface area contributed by atoms with Crippen LogP contribution in [0.15, 0.2) is 36.8 Å². The van der Waals surface area contributed by atoms with Gasteiger partial charge >= 0.3 is 0 Å². The molecule has 1 aliphatic rings. The van der Waals surface area contributed by atoms with E-state index >= 15 is 0 Å². The molecule has 0 bridgehead atoms. The first kappa shape index (κ1) is 25.7. The van der Waals surface area contributed by atoms with Gasteiger partial charge in [0.2, 0.25) is 0 Å². The Labute approximate surface area is 214 Å². The maximum atomic E-state index is 14.0. The molecule has 0 amide bonds. The van der Waals surface area contributed by atoms with Crippen LogP contribution >= 0.6 is 23.2 Å². The molecule has 0 aliphatic carbocycles. The monoisotopic (exact) mass is 521 g/mol. The molecule has 3 aromatic rings. The summed E-state index contributed by atoms with van der Waals surface area (Å²) in [6.45, 7) is 5.06. The molecule has 1 fully saturated rings. The minimum absolute atomic E-state index is 0.0756. The van der Waals surface area contributed by atoms with Crippen LogP contribution in [0.4, 0.5) is 10.2 Å². The first-order valence-corrected chi connectivity index (χ1v) is 12.6. The predicted molar refractivity (Wildman–Crippen MR) is 136 cm³/mol. The molecule has 1 aromatic carbocycles. The van der Waals surface area contributed by atoms with Gasteiger partial charge in [-0.1, -0.05) is 23.2 Å². The molecular weight excluding hydrogens is 492 g/mol. The van der Waals surface area contributed by atoms with E-state index in [9.17, 15) is 4.39 Å². The lowest BCUT2D eigenvalue weighted by Gasteiger charge is -2.32. The highest BCUT2D eigenvalue weighted by molar-refractivity contribution is 6.36. The zero-order valence-corrected chi connectivity index (χ0v) is 21.1. The van der Waals surface area contributed by atoms with E-state index in [1.54, 1.807) is 19.2 Å². The van der Waals surface area contributed by atoms with E-state index < -0.39 is 11.9 Å². The van der Waals surface area contributed by atoms with Gasteiger partial charge < -0.3 is 20.5 Å². The third-order valence-electron chi connectivity index (χ3n) is 6.42. The van der Waals surface area contributed by atoms with Gasteiger partial charge in [0.25, 0.3) is 0 Å². The van der Waals surface area contributed by atoms with Crippen LogP contribution in [0.1, 0.15) is 50.3 Å². The van der Waals surface area contributed by atoms with Gasteiger partial charge in [-0.15, -0.1) is 0 Å². The van der Waals surface area contributed by atoms with Crippen LogP contribution < -0.4 is 10.5 Å². The number of halogens is 3. The normalized spacial score (nSPS) is 15.9. The predicted octanol–water partition coefficient (Wildman–Crippen LogP) is 5.52. The van der Waals surface area contributed by atoms with Gasteiger partial charge in [-0.25, -0.2) is 9.37 Å². The third kappa shape index (κ3) is 6.06. The Morgan fingerprint density at radius 1 is 1.20 bits per heavy atom. The van der Waals surface area contributed by atoms with Crippen molar-refractivity contribution in [2.45, 2.75) is 44.8 Å². The van der Waals surface area contributed by atoms with Crippen LogP contribution in [0.5, 0.6) is 5.75 Å². The van der Waals surface area contributed by atoms with E-state index in [0.717, 1.165) is 56.4 Å². The smallest absolute Gasteiger partial charge is 0.166 e. The second kappa shape index (κ2) is 11.6. The van der Waals surface area contributed by atoms with Crippen molar-refractivity contribution in [3.05, 3.63) is 58.2 Å². The van der Waals surface area contributed by atoms with Crippen molar-refractivity contribution in [1.29, 1.82) is 0 Å². The Hall–Kier alpha value is -2.39. The number of piperidine rings is 1. The van der Waals surface area contributed by atoms with Crippen molar-refractivity contribution in [3.8, 4) is 16.9 Å². The number of unbranched alkanes of at least 4 members (excludes halogenated alkanes) is 1. The number of nitrogens with two attached hydrogens (primary N) is 1.